The Hall–Kier alpha value is -1.98. The highest BCUT2D eigenvalue weighted by atomic mass is 79.9. The van der Waals surface area contributed by atoms with E-state index < -0.39 is 18.3 Å². The van der Waals surface area contributed by atoms with E-state index in [0.717, 1.165) is 25.7 Å². The van der Waals surface area contributed by atoms with Crippen LogP contribution in [-0.4, -0.2) is 85.1 Å². The smallest absolute Gasteiger partial charge is 0.261 e. The van der Waals surface area contributed by atoms with Crippen LogP contribution in [0.25, 0.3) is 0 Å². The van der Waals surface area contributed by atoms with Crippen molar-refractivity contribution in [3.8, 4) is 0 Å². The number of hydrogen-bond acceptors (Lipinski definition) is 6. The van der Waals surface area contributed by atoms with Gasteiger partial charge in [0, 0.05) is 43.1 Å². The van der Waals surface area contributed by atoms with Crippen molar-refractivity contribution in [3.63, 3.8) is 0 Å². The molecule has 3 aliphatic heterocycles. The van der Waals surface area contributed by atoms with Gasteiger partial charge in [-0.05, 0) is 37.8 Å². The van der Waals surface area contributed by atoms with Gasteiger partial charge in [0.1, 0.15) is 0 Å². The van der Waals surface area contributed by atoms with Crippen LogP contribution >= 0.6 is 15.9 Å². The van der Waals surface area contributed by atoms with Crippen LogP contribution in [-0.2, 0) is 9.53 Å². The van der Waals surface area contributed by atoms with E-state index in [1.807, 2.05) is 4.90 Å². The van der Waals surface area contributed by atoms with Crippen LogP contribution in [0.4, 0.5) is 20.2 Å². The first-order valence-corrected chi connectivity index (χ1v) is 13.1. The third kappa shape index (κ3) is 5.41. The second-order valence-electron chi connectivity index (χ2n) is 10.3. The summed E-state index contributed by atoms with van der Waals surface area (Å²) >= 11 is 3.46. The highest BCUT2D eigenvalue weighted by molar-refractivity contribution is 9.10. The summed E-state index contributed by atoms with van der Waals surface area (Å²) in [5.41, 5.74) is 7.64. The molecule has 11 heteroatoms. The molecule has 2 amide bonds. The molecule has 0 aromatic heterocycles. The molecule has 1 aromatic carbocycles. The van der Waals surface area contributed by atoms with Crippen LogP contribution in [0.2, 0.25) is 0 Å². The lowest BCUT2D eigenvalue weighted by atomic mass is 9.94. The van der Waals surface area contributed by atoms with Crippen molar-refractivity contribution in [1.82, 2.24) is 15.1 Å². The van der Waals surface area contributed by atoms with Gasteiger partial charge in [-0.1, -0.05) is 15.9 Å². The number of morpholine rings is 1. The molecule has 4 N–H and O–H groups in total. The molecule has 3 heterocycles. The number of anilines is 2. The molecule has 0 bridgehead atoms. The molecular formula is C24H32BrF2N5O3. The summed E-state index contributed by atoms with van der Waals surface area (Å²) < 4.78 is 34.3. The summed E-state index contributed by atoms with van der Waals surface area (Å²) in [6.07, 6.45) is 3.04. The van der Waals surface area contributed by atoms with Crippen molar-refractivity contribution < 1.29 is 23.1 Å². The third-order valence-corrected chi connectivity index (χ3v) is 7.92. The predicted octanol–water partition coefficient (Wildman–Crippen LogP) is 2.68. The van der Waals surface area contributed by atoms with E-state index in [4.69, 9.17) is 10.5 Å². The van der Waals surface area contributed by atoms with E-state index >= 15 is 0 Å². The lowest BCUT2D eigenvalue weighted by Gasteiger charge is -2.38. The molecule has 8 nitrogen and oxygen atoms in total. The summed E-state index contributed by atoms with van der Waals surface area (Å²) in [4.78, 5) is 30.1. The number of amides is 2. The second-order valence-corrected chi connectivity index (χ2v) is 11.2. The number of nitrogens with one attached hydrogen (secondary N) is 2. The van der Waals surface area contributed by atoms with Gasteiger partial charge >= 0.3 is 0 Å². The van der Waals surface area contributed by atoms with Gasteiger partial charge in [0.15, 0.2) is 0 Å². The molecule has 5 rings (SSSR count). The molecule has 4 fully saturated rings. The van der Waals surface area contributed by atoms with Crippen molar-refractivity contribution in [1.29, 1.82) is 0 Å². The number of hydrogen-bond donors (Lipinski definition) is 3. The van der Waals surface area contributed by atoms with Gasteiger partial charge in [0.05, 0.1) is 48.2 Å². The van der Waals surface area contributed by atoms with Gasteiger partial charge in [-0.25, -0.2) is 8.78 Å². The summed E-state index contributed by atoms with van der Waals surface area (Å²) in [7, 11) is 0. The predicted molar refractivity (Wildman–Crippen MR) is 132 cm³/mol. The van der Waals surface area contributed by atoms with Crippen LogP contribution in [0.3, 0.4) is 0 Å². The molecule has 1 aromatic rings. The number of nitrogen functional groups attached to an aromatic ring is 1. The maximum Gasteiger partial charge on any atom is 0.261 e. The number of nitrogens with zero attached hydrogens (tertiary/aromatic N) is 2. The van der Waals surface area contributed by atoms with Gasteiger partial charge in [0.25, 0.3) is 11.8 Å². The average molecular weight is 556 g/mol. The highest BCUT2D eigenvalue weighted by Crippen LogP contribution is 2.42. The van der Waals surface area contributed by atoms with Crippen LogP contribution in [0.1, 0.15) is 42.5 Å². The van der Waals surface area contributed by atoms with Crippen LogP contribution in [0.5, 0.6) is 0 Å². The molecule has 35 heavy (non-hydrogen) atoms. The fraction of sp³-hybridized carbons (Fsp3) is 0.667. The second kappa shape index (κ2) is 9.48. The van der Waals surface area contributed by atoms with Crippen LogP contribution in [0.15, 0.2) is 16.6 Å². The molecule has 0 unspecified atom stereocenters. The maximum atomic E-state index is 13.8. The zero-order valence-electron chi connectivity index (χ0n) is 19.6. The van der Waals surface area contributed by atoms with Gasteiger partial charge in [-0.2, -0.15) is 0 Å². The average Bonchev–Trinajstić information content (AvgIpc) is 3.57. The van der Waals surface area contributed by atoms with Crippen LogP contribution in [0, 0.1) is 5.92 Å². The molecule has 0 radical (unpaired) electrons. The lowest BCUT2D eigenvalue weighted by molar-refractivity contribution is -0.142. The standard InChI is InChI=1S/C24H32BrF2N5O3/c25-16-8-18(22(34)32-6-7-35-23(14-32)3-4-23)20(19(28)9-16)30-17-2-1-5-31(12-17)21(33)15-10-24(26,27)13-29-11-15/h8-9,15,17,29-30H,1-7,10-14,28H2/t15-,17-/m1/s1. The monoisotopic (exact) mass is 555 g/mol. The number of alkyl halides is 2. The van der Waals surface area contributed by atoms with Crippen LogP contribution < -0.4 is 16.4 Å². The number of piperidine rings is 2. The largest absolute Gasteiger partial charge is 0.397 e. The highest BCUT2D eigenvalue weighted by Gasteiger charge is 2.48. The number of halogens is 3. The zero-order chi connectivity index (χ0) is 24.8. The zero-order valence-corrected chi connectivity index (χ0v) is 21.2. The number of rotatable bonds is 4. The normalized spacial score (nSPS) is 27.5. The number of ether oxygens (including phenoxy) is 1. The lowest BCUT2D eigenvalue weighted by Crippen LogP contribution is -2.53. The molecule has 1 aliphatic carbocycles. The Kier molecular flexibility index (Phi) is 6.69. The van der Waals surface area contributed by atoms with Gasteiger partial charge in [0.2, 0.25) is 5.91 Å². The third-order valence-electron chi connectivity index (χ3n) is 7.46. The van der Waals surface area contributed by atoms with Crippen molar-refractivity contribution in [2.45, 2.75) is 49.7 Å². The molecule has 2 atom stereocenters. The molecule has 192 valence electrons. The fourth-order valence-corrected chi connectivity index (χ4v) is 5.93. The Bertz CT molecular complexity index is 1010. The molecular weight excluding hydrogens is 524 g/mol. The quantitative estimate of drug-likeness (QED) is 0.494. The topological polar surface area (TPSA) is 99.9 Å². The summed E-state index contributed by atoms with van der Waals surface area (Å²) in [5, 5.41) is 6.11. The first-order valence-electron chi connectivity index (χ1n) is 12.3. The minimum Gasteiger partial charge on any atom is -0.397 e. The Balaban J connectivity index is 1.30. The SMILES string of the molecule is Nc1cc(Br)cc(C(=O)N2CCOC3(CC3)C2)c1N[C@@H]1CCCN(C(=O)[C@H]2CNCC(F)(F)C2)C1. The summed E-state index contributed by atoms with van der Waals surface area (Å²) in [5.74, 6) is -3.95. The number of carbonyl (C=O) groups excluding carboxylic acids is 2. The first kappa shape index (κ1) is 24.7. The van der Waals surface area contributed by atoms with E-state index in [1.54, 1.807) is 17.0 Å². The number of likely N-dealkylation sites (tertiary alicyclic amines) is 1. The Morgan fingerprint density at radius 3 is 2.77 bits per heavy atom. The first-order chi connectivity index (χ1) is 16.6. The molecule has 4 aliphatic rings. The van der Waals surface area contributed by atoms with E-state index in [9.17, 15) is 18.4 Å². The molecule has 1 saturated carbocycles. The number of benzene rings is 1. The summed E-state index contributed by atoms with van der Waals surface area (Å²) in [6.45, 7) is 2.42. The van der Waals surface area contributed by atoms with E-state index in [-0.39, 0.29) is 36.5 Å². The van der Waals surface area contributed by atoms with E-state index in [2.05, 4.69) is 26.6 Å². The number of carbonyl (C=O) groups is 2. The Morgan fingerprint density at radius 2 is 2.03 bits per heavy atom. The maximum absolute atomic E-state index is 13.8. The minimum atomic E-state index is -2.87. The van der Waals surface area contributed by atoms with Crippen molar-refractivity contribution >= 4 is 39.1 Å². The molecule has 1 spiro atoms. The summed E-state index contributed by atoms with van der Waals surface area (Å²) in [6, 6.07) is 3.39. The fourth-order valence-electron chi connectivity index (χ4n) is 5.45. The Labute approximate surface area is 212 Å². The van der Waals surface area contributed by atoms with Gasteiger partial charge < -0.3 is 30.9 Å². The van der Waals surface area contributed by atoms with Crippen molar-refractivity contribution in [2.24, 2.45) is 5.92 Å². The minimum absolute atomic E-state index is 0.102. The van der Waals surface area contributed by atoms with Gasteiger partial charge in [-0.3, -0.25) is 9.59 Å². The van der Waals surface area contributed by atoms with Gasteiger partial charge in [-0.15, -0.1) is 0 Å². The van der Waals surface area contributed by atoms with E-state index in [0.29, 0.717) is 54.2 Å². The number of nitrogens with two attached hydrogens (primary N) is 1. The van der Waals surface area contributed by atoms with Crippen molar-refractivity contribution in [2.75, 3.05) is 56.9 Å². The van der Waals surface area contributed by atoms with E-state index in [1.165, 1.54) is 0 Å². The molecule has 3 saturated heterocycles. The van der Waals surface area contributed by atoms with Crippen molar-refractivity contribution in [3.05, 3.63) is 22.2 Å². The Morgan fingerprint density at radius 1 is 1.23 bits per heavy atom.